The van der Waals surface area contributed by atoms with Gasteiger partial charge < -0.3 is 0 Å². The lowest BCUT2D eigenvalue weighted by Gasteiger charge is -2.31. The number of nitrogens with zero attached hydrogens (tertiary/aromatic N) is 2. The lowest BCUT2D eigenvalue weighted by Crippen LogP contribution is -2.37. The maximum absolute atomic E-state index is 10.5. The van der Waals surface area contributed by atoms with Crippen LogP contribution in [-0.2, 0) is 0 Å². The molecule has 1 rings (SSSR count). The molecule has 0 aliphatic carbocycles. The van der Waals surface area contributed by atoms with Crippen molar-refractivity contribution in [3.8, 4) is 0 Å². The maximum Gasteiger partial charge on any atom is 0.269 e. The molecule has 0 radical (unpaired) electrons. The van der Waals surface area contributed by atoms with Crippen molar-refractivity contribution in [3.63, 3.8) is 0 Å². The quantitative estimate of drug-likeness (QED) is 0.494. The highest BCUT2D eigenvalue weighted by atomic mass is 16.6. The average Bonchev–Trinajstić information content (AvgIpc) is 2.28. The normalized spacial score (nSPS) is 12.3. The summed E-state index contributed by atoms with van der Waals surface area (Å²) >= 11 is 0. The summed E-state index contributed by atoms with van der Waals surface area (Å²) < 4.78 is 0. The smallest absolute Gasteiger partial charge is 0.269 e. The summed E-state index contributed by atoms with van der Waals surface area (Å²) in [7, 11) is 0. The fourth-order valence-electron chi connectivity index (χ4n) is 1.95. The highest BCUT2D eigenvalue weighted by Crippen LogP contribution is 2.25. The van der Waals surface area contributed by atoms with E-state index in [1.165, 1.54) is 24.3 Å². The Morgan fingerprint density at radius 2 is 1.89 bits per heavy atom. The minimum atomic E-state index is -0.468. The van der Waals surface area contributed by atoms with Crippen LogP contribution in [0.1, 0.15) is 20.8 Å². The van der Waals surface area contributed by atoms with Gasteiger partial charge in [-0.1, -0.05) is 26.0 Å². The first-order valence-electron chi connectivity index (χ1n) is 5.72. The SMILES string of the molecule is C=C(C)[C@H](C(C)C)N(O)c1ccc([N+](=O)[O-])cc1. The average molecular weight is 250 g/mol. The van der Waals surface area contributed by atoms with Crippen LogP contribution in [0, 0.1) is 16.0 Å². The molecule has 0 aromatic heterocycles. The lowest BCUT2D eigenvalue weighted by atomic mass is 9.97. The Kier molecular flexibility index (Phi) is 4.44. The van der Waals surface area contributed by atoms with Crippen LogP contribution in [0.5, 0.6) is 0 Å². The number of nitro groups is 1. The van der Waals surface area contributed by atoms with Gasteiger partial charge in [0.05, 0.1) is 16.7 Å². The molecule has 0 bridgehead atoms. The third-order valence-electron chi connectivity index (χ3n) is 2.72. The van der Waals surface area contributed by atoms with Gasteiger partial charge in [0.25, 0.3) is 5.69 Å². The molecule has 0 saturated heterocycles. The van der Waals surface area contributed by atoms with E-state index in [-0.39, 0.29) is 17.6 Å². The zero-order chi connectivity index (χ0) is 13.9. The van der Waals surface area contributed by atoms with Crippen molar-refractivity contribution < 1.29 is 10.1 Å². The predicted octanol–water partition coefficient (Wildman–Crippen LogP) is 3.39. The Hall–Kier alpha value is -1.88. The van der Waals surface area contributed by atoms with Gasteiger partial charge in [0, 0.05) is 12.1 Å². The third-order valence-corrected chi connectivity index (χ3v) is 2.72. The molecule has 5 heteroatoms. The van der Waals surface area contributed by atoms with Gasteiger partial charge >= 0.3 is 0 Å². The summed E-state index contributed by atoms with van der Waals surface area (Å²) in [6.07, 6.45) is 0. The number of hydroxylamine groups is 1. The van der Waals surface area contributed by atoms with E-state index in [0.29, 0.717) is 5.69 Å². The van der Waals surface area contributed by atoms with Crippen LogP contribution < -0.4 is 5.06 Å². The number of nitro benzene ring substituents is 1. The highest BCUT2D eigenvalue weighted by molar-refractivity contribution is 5.50. The van der Waals surface area contributed by atoms with Gasteiger partial charge in [0.2, 0.25) is 0 Å². The van der Waals surface area contributed by atoms with Crippen LogP contribution in [0.4, 0.5) is 11.4 Å². The van der Waals surface area contributed by atoms with Crippen LogP contribution in [0.25, 0.3) is 0 Å². The third kappa shape index (κ3) is 3.07. The molecular formula is C13H18N2O3. The van der Waals surface area contributed by atoms with E-state index in [1.54, 1.807) is 0 Å². The summed E-state index contributed by atoms with van der Waals surface area (Å²) in [6, 6.07) is 5.57. The summed E-state index contributed by atoms with van der Waals surface area (Å²) in [6.45, 7) is 9.67. The summed E-state index contributed by atoms with van der Waals surface area (Å²) in [5.41, 5.74) is 1.36. The Labute approximate surface area is 106 Å². The first-order chi connectivity index (χ1) is 8.34. The van der Waals surface area contributed by atoms with Gasteiger partial charge in [0.15, 0.2) is 0 Å². The molecule has 1 aromatic rings. The Bertz CT molecular complexity index is 440. The van der Waals surface area contributed by atoms with Crippen molar-refractivity contribution in [3.05, 3.63) is 46.5 Å². The Morgan fingerprint density at radius 3 is 2.22 bits per heavy atom. The molecule has 0 aliphatic rings. The van der Waals surface area contributed by atoms with E-state index in [1.807, 2.05) is 20.8 Å². The van der Waals surface area contributed by atoms with E-state index < -0.39 is 4.92 Å². The second kappa shape index (κ2) is 5.64. The summed E-state index contributed by atoms with van der Waals surface area (Å²) in [5, 5.41) is 21.8. The molecule has 1 aromatic carbocycles. The van der Waals surface area contributed by atoms with Gasteiger partial charge in [-0.2, -0.15) is 0 Å². The van der Waals surface area contributed by atoms with Gasteiger partial charge in [-0.05, 0) is 25.0 Å². The number of benzene rings is 1. The number of hydrogen-bond donors (Lipinski definition) is 1. The number of rotatable bonds is 5. The minimum Gasteiger partial charge on any atom is -0.288 e. The van der Waals surface area contributed by atoms with Crippen molar-refractivity contribution in [1.82, 2.24) is 0 Å². The molecule has 0 unspecified atom stereocenters. The molecule has 18 heavy (non-hydrogen) atoms. The van der Waals surface area contributed by atoms with Crippen LogP contribution in [0.2, 0.25) is 0 Å². The molecule has 98 valence electrons. The molecule has 0 amide bonds. The molecule has 1 atom stereocenters. The van der Waals surface area contributed by atoms with E-state index in [2.05, 4.69) is 6.58 Å². The Balaban J connectivity index is 2.98. The maximum atomic E-state index is 10.5. The van der Waals surface area contributed by atoms with Crippen molar-refractivity contribution in [2.45, 2.75) is 26.8 Å². The minimum absolute atomic E-state index is 0.00331. The summed E-state index contributed by atoms with van der Waals surface area (Å²) in [4.78, 5) is 10.1. The van der Waals surface area contributed by atoms with Crippen molar-refractivity contribution in [1.29, 1.82) is 0 Å². The summed E-state index contributed by atoms with van der Waals surface area (Å²) in [5.74, 6) is 0.183. The first-order valence-corrected chi connectivity index (χ1v) is 5.72. The van der Waals surface area contributed by atoms with Crippen LogP contribution >= 0.6 is 0 Å². The number of hydrogen-bond acceptors (Lipinski definition) is 4. The largest absolute Gasteiger partial charge is 0.288 e. The fourth-order valence-corrected chi connectivity index (χ4v) is 1.95. The van der Waals surface area contributed by atoms with Crippen molar-refractivity contribution in [2.75, 3.05) is 5.06 Å². The molecule has 0 saturated carbocycles. The van der Waals surface area contributed by atoms with Gasteiger partial charge in [-0.3, -0.25) is 15.3 Å². The second-order valence-corrected chi connectivity index (χ2v) is 4.65. The van der Waals surface area contributed by atoms with Crippen molar-refractivity contribution in [2.24, 2.45) is 5.92 Å². The molecule has 5 nitrogen and oxygen atoms in total. The predicted molar refractivity (Wildman–Crippen MR) is 70.8 cm³/mol. The molecular weight excluding hydrogens is 232 g/mol. The Morgan fingerprint density at radius 1 is 1.39 bits per heavy atom. The zero-order valence-electron chi connectivity index (χ0n) is 10.8. The molecule has 0 aliphatic heterocycles. The van der Waals surface area contributed by atoms with Crippen molar-refractivity contribution >= 4 is 11.4 Å². The number of non-ortho nitro benzene ring substituents is 1. The molecule has 0 heterocycles. The molecule has 1 N–H and O–H groups in total. The topological polar surface area (TPSA) is 66.6 Å². The zero-order valence-corrected chi connectivity index (χ0v) is 10.8. The number of anilines is 1. The highest BCUT2D eigenvalue weighted by Gasteiger charge is 2.22. The van der Waals surface area contributed by atoms with Crippen LogP contribution in [0.15, 0.2) is 36.4 Å². The van der Waals surface area contributed by atoms with E-state index in [9.17, 15) is 15.3 Å². The van der Waals surface area contributed by atoms with Crippen LogP contribution in [0.3, 0.4) is 0 Å². The lowest BCUT2D eigenvalue weighted by molar-refractivity contribution is -0.384. The van der Waals surface area contributed by atoms with E-state index in [4.69, 9.17) is 0 Å². The second-order valence-electron chi connectivity index (χ2n) is 4.65. The van der Waals surface area contributed by atoms with Gasteiger partial charge in [-0.25, -0.2) is 5.06 Å². The molecule has 0 spiro atoms. The molecule has 0 fully saturated rings. The van der Waals surface area contributed by atoms with Crippen LogP contribution in [-0.4, -0.2) is 16.2 Å². The van der Waals surface area contributed by atoms with E-state index in [0.717, 1.165) is 10.6 Å². The van der Waals surface area contributed by atoms with E-state index >= 15 is 0 Å². The monoisotopic (exact) mass is 250 g/mol. The first kappa shape index (κ1) is 14.2. The van der Waals surface area contributed by atoms with Gasteiger partial charge in [-0.15, -0.1) is 0 Å². The fraction of sp³-hybridized carbons (Fsp3) is 0.385. The van der Waals surface area contributed by atoms with Gasteiger partial charge in [0.1, 0.15) is 0 Å². The standard InChI is InChI=1S/C13H18N2O3/c1-9(2)13(10(3)4)14(16)11-5-7-12(8-6-11)15(17)18/h5-8,10,13,16H,1H2,2-4H3/t13-/m1/s1.